The van der Waals surface area contributed by atoms with Gasteiger partial charge in [-0.25, -0.2) is 19.7 Å². The molecule has 14 nitrogen and oxygen atoms in total. The molecule has 40 heavy (non-hydrogen) atoms. The van der Waals surface area contributed by atoms with E-state index in [0.717, 1.165) is 5.56 Å². The largest absolute Gasteiger partial charge is 0.398 e. The average Bonchev–Trinajstić information content (AvgIpc) is 3.47. The molecule has 1 fully saturated rings. The van der Waals surface area contributed by atoms with Crippen LogP contribution in [-0.2, 0) is 14.9 Å². The van der Waals surface area contributed by atoms with Gasteiger partial charge in [-0.15, -0.1) is 0 Å². The number of rotatable bonds is 6. The third kappa shape index (κ3) is 5.57. The van der Waals surface area contributed by atoms with Gasteiger partial charge < -0.3 is 26.4 Å². The Morgan fingerprint density at radius 1 is 1.02 bits per heavy atom. The molecule has 2 aromatic carbocycles. The number of imidazole rings is 1. The maximum atomic E-state index is 12.5. The Morgan fingerprint density at radius 3 is 2.50 bits per heavy atom. The molecule has 1 aliphatic heterocycles. The number of amides is 1. The molecule has 0 aliphatic carbocycles. The summed E-state index contributed by atoms with van der Waals surface area (Å²) in [5, 5.41) is 21.3. The fraction of sp³-hybridized carbons (Fsp3) is 0.200. The Labute approximate surface area is 228 Å². The lowest BCUT2D eigenvalue weighted by molar-refractivity contribution is -0.0330. The summed E-state index contributed by atoms with van der Waals surface area (Å²) in [4.78, 5) is 25.1. The second-order valence-corrected chi connectivity index (χ2v) is 10.3. The molecule has 0 unspecified atom stereocenters. The molecule has 1 saturated heterocycles. The summed E-state index contributed by atoms with van der Waals surface area (Å²) in [7, 11) is -4.37. The number of nitrogens with two attached hydrogens (primary N) is 2. The summed E-state index contributed by atoms with van der Waals surface area (Å²) < 4.78 is 36.0. The molecule has 4 atom stereocenters. The van der Waals surface area contributed by atoms with Crippen LogP contribution >= 0.6 is 0 Å². The van der Waals surface area contributed by atoms with Crippen LogP contribution in [-0.4, -0.2) is 68.9 Å². The number of ether oxygens (including phenoxy) is 1. The van der Waals surface area contributed by atoms with E-state index in [2.05, 4.69) is 31.5 Å². The van der Waals surface area contributed by atoms with Crippen molar-refractivity contribution in [3.8, 4) is 11.8 Å². The first-order valence-electron chi connectivity index (χ1n) is 11.9. The number of hydrogen-bond acceptors (Lipinski definition) is 11. The number of aliphatic hydroxyl groups excluding tert-OH is 2. The van der Waals surface area contributed by atoms with Crippen molar-refractivity contribution >= 4 is 38.8 Å². The summed E-state index contributed by atoms with van der Waals surface area (Å²) in [5.41, 5.74) is 13.0. The van der Waals surface area contributed by atoms with Crippen LogP contribution in [0.15, 0.2) is 60.9 Å². The summed E-state index contributed by atoms with van der Waals surface area (Å²) in [5.74, 6) is 4.97. The first-order valence-corrected chi connectivity index (χ1v) is 13.4. The first kappa shape index (κ1) is 27.0. The lowest BCUT2D eigenvalue weighted by Crippen LogP contribution is -2.45. The van der Waals surface area contributed by atoms with Crippen molar-refractivity contribution in [3.63, 3.8) is 0 Å². The Bertz CT molecular complexity index is 1730. The van der Waals surface area contributed by atoms with Crippen molar-refractivity contribution in [1.82, 2.24) is 29.0 Å². The number of aliphatic hydroxyl groups is 2. The number of carbonyl (C=O) groups excluding carboxylic acids is 1. The quantitative estimate of drug-likeness (QED) is 0.127. The number of carbonyl (C=O) groups is 1. The predicted octanol–water partition coefficient (Wildman–Crippen LogP) is -0.726. The highest BCUT2D eigenvalue weighted by Gasteiger charge is 2.44. The minimum Gasteiger partial charge on any atom is -0.398 e. The molecule has 4 aromatic rings. The van der Waals surface area contributed by atoms with Gasteiger partial charge in [0.25, 0.3) is 5.91 Å². The normalized spacial score (nSPS) is 20.6. The van der Waals surface area contributed by atoms with Gasteiger partial charge in [0.2, 0.25) is 5.82 Å². The van der Waals surface area contributed by atoms with Crippen molar-refractivity contribution in [2.75, 3.05) is 18.0 Å². The van der Waals surface area contributed by atoms with Gasteiger partial charge >= 0.3 is 10.2 Å². The molecule has 3 heterocycles. The Kier molecular flexibility index (Phi) is 7.34. The minimum atomic E-state index is -4.37. The van der Waals surface area contributed by atoms with Gasteiger partial charge in [-0.3, -0.25) is 9.36 Å². The minimum absolute atomic E-state index is 0.0263. The molecule has 1 amide bonds. The average molecular weight is 565 g/mol. The van der Waals surface area contributed by atoms with E-state index in [0.29, 0.717) is 0 Å². The second-order valence-electron chi connectivity index (χ2n) is 8.79. The van der Waals surface area contributed by atoms with E-state index in [1.807, 2.05) is 35.1 Å². The number of aromatic nitrogens is 4. The summed E-state index contributed by atoms with van der Waals surface area (Å²) >= 11 is 0. The highest BCUT2D eigenvalue weighted by molar-refractivity contribution is 7.88. The number of fused-ring (bicyclic) bond motifs is 1. The van der Waals surface area contributed by atoms with E-state index in [9.17, 15) is 23.4 Å². The molecule has 1 aliphatic rings. The molecule has 0 radical (unpaired) electrons. The van der Waals surface area contributed by atoms with Gasteiger partial charge in [-0.2, -0.15) is 13.1 Å². The van der Waals surface area contributed by atoms with E-state index in [-0.39, 0.29) is 34.1 Å². The number of nitrogen functional groups attached to an aromatic ring is 2. The highest BCUT2D eigenvalue weighted by Crippen LogP contribution is 2.32. The van der Waals surface area contributed by atoms with Gasteiger partial charge in [0.05, 0.1) is 11.9 Å². The maximum Gasteiger partial charge on any atom is 0.301 e. The third-order valence-electron chi connectivity index (χ3n) is 6.06. The zero-order valence-electron chi connectivity index (χ0n) is 20.7. The number of nitrogens with one attached hydrogen (secondary N) is 2. The number of nitrogens with zero attached hydrogens (tertiary/aromatic N) is 4. The van der Waals surface area contributed by atoms with Gasteiger partial charge in [0.15, 0.2) is 17.7 Å². The van der Waals surface area contributed by atoms with Crippen LogP contribution in [0, 0.1) is 11.8 Å². The first-order chi connectivity index (χ1) is 19.1. The van der Waals surface area contributed by atoms with Gasteiger partial charge in [0.1, 0.15) is 23.8 Å². The summed E-state index contributed by atoms with van der Waals surface area (Å²) in [6.45, 7) is -0.473. The molecule has 15 heteroatoms. The van der Waals surface area contributed by atoms with Crippen LogP contribution in [0.5, 0.6) is 0 Å². The molecule has 0 bridgehead atoms. The zero-order valence-corrected chi connectivity index (χ0v) is 21.5. The van der Waals surface area contributed by atoms with E-state index in [1.165, 1.54) is 29.1 Å². The van der Waals surface area contributed by atoms with Gasteiger partial charge in [-0.1, -0.05) is 36.3 Å². The van der Waals surface area contributed by atoms with Crippen LogP contribution in [0.1, 0.15) is 28.0 Å². The van der Waals surface area contributed by atoms with Crippen molar-refractivity contribution in [2.45, 2.75) is 24.5 Å². The summed E-state index contributed by atoms with van der Waals surface area (Å²) in [6, 6.07) is 15.1. The third-order valence-corrected chi connectivity index (χ3v) is 7.06. The van der Waals surface area contributed by atoms with Gasteiger partial charge in [-0.05, 0) is 30.2 Å². The predicted molar refractivity (Wildman–Crippen MR) is 143 cm³/mol. The fourth-order valence-electron chi connectivity index (χ4n) is 4.07. The topological polar surface area (TPSA) is 221 Å². The molecule has 206 valence electrons. The van der Waals surface area contributed by atoms with Crippen molar-refractivity contribution in [1.29, 1.82) is 0 Å². The Hall–Kier alpha value is -4.59. The SMILES string of the molecule is Nc1ccccc1C(=O)NS(=O)(=O)NC[C@H]1O[C@@H](n2cnc3c(N)nc(C#Cc4ccccc4)nc32)[C@H](O)[C@@H]1O. The Balaban J connectivity index is 1.31. The number of para-hydroxylation sites is 1. The van der Waals surface area contributed by atoms with Crippen molar-refractivity contribution in [2.24, 2.45) is 0 Å². The number of benzene rings is 2. The van der Waals surface area contributed by atoms with Crippen molar-refractivity contribution in [3.05, 3.63) is 77.9 Å². The van der Waals surface area contributed by atoms with Crippen LogP contribution < -0.4 is 20.9 Å². The Morgan fingerprint density at radius 2 is 1.75 bits per heavy atom. The molecule has 0 saturated carbocycles. The zero-order chi connectivity index (χ0) is 28.4. The fourth-order valence-corrected chi connectivity index (χ4v) is 4.88. The smallest absolute Gasteiger partial charge is 0.301 e. The standard InChI is InChI=1S/C25H24N8O6S/c26-16-9-5-4-8-15(16)24(36)32-40(37,38)29-12-17-20(34)21(35)25(39-17)33-13-28-19-22(27)30-18(31-23(19)33)11-10-14-6-2-1-3-7-14/h1-9,13,17,20-21,25,29,34-35H,12,26H2,(H,32,36)(H2,27,30,31)/t17-,20-,21-,25-/m1/s1. The lowest BCUT2D eigenvalue weighted by atomic mass is 10.1. The maximum absolute atomic E-state index is 12.5. The highest BCUT2D eigenvalue weighted by atomic mass is 32.2. The van der Waals surface area contributed by atoms with Crippen LogP contribution in [0.2, 0.25) is 0 Å². The molecule has 0 spiro atoms. The van der Waals surface area contributed by atoms with E-state index >= 15 is 0 Å². The van der Waals surface area contributed by atoms with E-state index in [1.54, 1.807) is 6.07 Å². The van der Waals surface area contributed by atoms with E-state index in [4.69, 9.17) is 16.2 Å². The molecule has 5 rings (SSSR count). The molecule has 8 N–H and O–H groups in total. The van der Waals surface area contributed by atoms with Gasteiger partial charge in [0, 0.05) is 17.8 Å². The van der Waals surface area contributed by atoms with Crippen LogP contribution in [0.3, 0.4) is 0 Å². The lowest BCUT2D eigenvalue weighted by Gasteiger charge is -2.17. The number of anilines is 2. The monoisotopic (exact) mass is 564 g/mol. The molecular weight excluding hydrogens is 540 g/mol. The van der Waals surface area contributed by atoms with Crippen LogP contribution in [0.4, 0.5) is 11.5 Å². The van der Waals surface area contributed by atoms with Crippen LogP contribution in [0.25, 0.3) is 11.2 Å². The van der Waals surface area contributed by atoms with E-state index < -0.39 is 47.2 Å². The number of hydrogen-bond donors (Lipinski definition) is 6. The second kappa shape index (κ2) is 10.9. The molecule has 2 aromatic heterocycles. The molecular formula is C25H24N8O6S. The summed E-state index contributed by atoms with van der Waals surface area (Å²) in [6.07, 6.45) is -4.07. The van der Waals surface area contributed by atoms with Crippen molar-refractivity contribution < 1.29 is 28.2 Å².